The van der Waals surface area contributed by atoms with Gasteiger partial charge >= 0.3 is 17.9 Å². The molecule has 0 radical (unpaired) electrons. The van der Waals surface area contributed by atoms with Crippen LogP contribution in [0.3, 0.4) is 0 Å². The number of carboxylic acid groups (broad SMARTS) is 1. The van der Waals surface area contributed by atoms with E-state index >= 15 is 0 Å². The molecule has 0 spiro atoms. The molecule has 2 heterocycles. The van der Waals surface area contributed by atoms with Crippen molar-refractivity contribution in [2.24, 2.45) is 0 Å². The second-order valence-corrected chi connectivity index (χ2v) is 7.59. The summed E-state index contributed by atoms with van der Waals surface area (Å²) in [6.45, 7) is 1.12. The average Bonchev–Trinajstić information content (AvgIpc) is 3.15. The summed E-state index contributed by atoms with van der Waals surface area (Å²) >= 11 is 1.17. The van der Waals surface area contributed by atoms with Gasteiger partial charge in [-0.3, -0.25) is 14.5 Å². The van der Waals surface area contributed by atoms with Gasteiger partial charge in [-0.25, -0.2) is 9.59 Å². The van der Waals surface area contributed by atoms with Gasteiger partial charge in [-0.15, -0.1) is 11.3 Å². The van der Waals surface area contributed by atoms with E-state index in [9.17, 15) is 19.2 Å². The first kappa shape index (κ1) is 21.8. The van der Waals surface area contributed by atoms with Crippen LogP contribution in [0.5, 0.6) is 0 Å². The van der Waals surface area contributed by atoms with Crippen LogP contribution < -0.4 is 5.32 Å². The highest BCUT2D eigenvalue weighted by Gasteiger charge is 2.33. The van der Waals surface area contributed by atoms with Crippen LogP contribution in [-0.2, 0) is 30.4 Å². The van der Waals surface area contributed by atoms with Crippen LogP contribution in [0.4, 0.5) is 0 Å². The largest absolute Gasteiger partial charge is 0.477 e. The van der Waals surface area contributed by atoms with E-state index in [4.69, 9.17) is 5.11 Å². The van der Waals surface area contributed by atoms with Gasteiger partial charge in [0, 0.05) is 11.4 Å². The Hall–Kier alpha value is -2.46. The van der Waals surface area contributed by atoms with E-state index in [1.165, 1.54) is 25.6 Å². The normalized spacial score (nSPS) is 18.1. The Kier molecular flexibility index (Phi) is 7.94. The number of ether oxygens (including phenoxy) is 2. The van der Waals surface area contributed by atoms with Crippen molar-refractivity contribution < 1.29 is 33.8 Å². The van der Waals surface area contributed by atoms with Gasteiger partial charge in [-0.05, 0) is 31.5 Å². The number of rotatable bonds is 8. The van der Waals surface area contributed by atoms with Gasteiger partial charge in [-0.1, -0.05) is 6.42 Å². The van der Waals surface area contributed by atoms with Gasteiger partial charge in [0.15, 0.2) is 0 Å². The maximum Gasteiger partial charge on any atom is 0.345 e. The van der Waals surface area contributed by atoms with E-state index in [1.54, 1.807) is 12.1 Å². The van der Waals surface area contributed by atoms with E-state index < -0.39 is 30.0 Å². The lowest BCUT2D eigenvalue weighted by Gasteiger charge is -2.35. The number of thiophene rings is 1. The zero-order valence-electron chi connectivity index (χ0n) is 15.8. The molecule has 0 aliphatic carbocycles. The summed E-state index contributed by atoms with van der Waals surface area (Å²) in [5.74, 6) is -2.69. The summed E-state index contributed by atoms with van der Waals surface area (Å²) in [7, 11) is 2.39. The summed E-state index contributed by atoms with van der Waals surface area (Å²) in [5, 5.41) is 11.7. The van der Waals surface area contributed by atoms with Crippen molar-refractivity contribution >= 4 is 35.2 Å². The molecule has 9 nitrogen and oxygen atoms in total. The molecule has 2 rings (SSSR count). The van der Waals surface area contributed by atoms with Gasteiger partial charge in [0.1, 0.15) is 10.9 Å². The van der Waals surface area contributed by atoms with Crippen molar-refractivity contribution in [1.82, 2.24) is 10.2 Å². The maximum atomic E-state index is 12.8. The smallest absolute Gasteiger partial charge is 0.345 e. The van der Waals surface area contributed by atoms with E-state index in [-0.39, 0.29) is 17.2 Å². The fourth-order valence-electron chi connectivity index (χ4n) is 3.11. The molecular weight excluding hydrogens is 388 g/mol. The SMILES string of the molecule is COC(=O)C[C@H](NC(=O)C1CCCCN1Cc1ccc(C(=O)O)s1)C(=O)OC. The van der Waals surface area contributed by atoms with Crippen LogP contribution in [0.2, 0.25) is 0 Å². The minimum absolute atomic E-state index is 0.247. The lowest BCUT2D eigenvalue weighted by atomic mass is 10.0. The number of methoxy groups -OCH3 is 2. The van der Waals surface area contributed by atoms with Crippen molar-refractivity contribution in [3.8, 4) is 0 Å². The minimum Gasteiger partial charge on any atom is -0.477 e. The van der Waals surface area contributed by atoms with Crippen LogP contribution in [0.1, 0.15) is 40.2 Å². The highest BCUT2D eigenvalue weighted by molar-refractivity contribution is 7.13. The molecule has 1 unspecified atom stereocenters. The Labute approximate surface area is 166 Å². The zero-order valence-corrected chi connectivity index (χ0v) is 16.6. The van der Waals surface area contributed by atoms with E-state index in [1.807, 2.05) is 4.90 Å². The van der Waals surface area contributed by atoms with Gasteiger partial charge in [0.25, 0.3) is 0 Å². The van der Waals surface area contributed by atoms with E-state index in [2.05, 4.69) is 14.8 Å². The molecule has 1 aliphatic heterocycles. The third-order valence-electron chi connectivity index (χ3n) is 4.55. The van der Waals surface area contributed by atoms with Crippen molar-refractivity contribution in [3.63, 3.8) is 0 Å². The number of likely N-dealkylation sites (tertiary alicyclic amines) is 1. The molecule has 2 atom stereocenters. The standard InChI is InChI=1S/C18H24N2O7S/c1-26-15(21)9-12(18(25)27-2)19-16(22)13-5-3-4-8-20(13)10-11-6-7-14(28-11)17(23)24/h6-7,12-13H,3-5,8-10H2,1-2H3,(H,19,22)(H,23,24)/t12-,13?/m0/s1. The Balaban J connectivity index is 2.07. The van der Waals surface area contributed by atoms with Crippen LogP contribution in [-0.4, -0.2) is 66.7 Å². The molecule has 0 bridgehead atoms. The average molecular weight is 412 g/mol. The van der Waals surface area contributed by atoms with Gasteiger partial charge in [-0.2, -0.15) is 0 Å². The molecule has 0 saturated carbocycles. The number of aromatic carboxylic acids is 1. The summed E-state index contributed by atoms with van der Waals surface area (Å²) in [6, 6.07) is 1.69. The first-order chi connectivity index (χ1) is 13.3. The summed E-state index contributed by atoms with van der Waals surface area (Å²) in [6.07, 6.45) is 2.08. The number of nitrogens with zero attached hydrogens (tertiary/aromatic N) is 1. The molecule has 1 aromatic rings. The molecule has 154 valence electrons. The molecule has 1 aliphatic rings. The third kappa shape index (κ3) is 5.77. The van der Waals surface area contributed by atoms with Gasteiger partial charge < -0.3 is 19.9 Å². The number of hydrogen-bond acceptors (Lipinski definition) is 8. The second kappa shape index (κ2) is 10.2. The molecule has 1 saturated heterocycles. The number of hydrogen-bond donors (Lipinski definition) is 2. The predicted octanol–water partition coefficient (Wildman–Crippen LogP) is 1.02. The number of carbonyl (C=O) groups is 4. The van der Waals surface area contributed by atoms with Crippen molar-refractivity contribution in [2.45, 2.75) is 44.3 Å². The Morgan fingerprint density at radius 1 is 1.25 bits per heavy atom. The van der Waals surface area contributed by atoms with E-state index in [0.29, 0.717) is 19.5 Å². The van der Waals surface area contributed by atoms with Gasteiger partial charge in [0.05, 0.1) is 26.7 Å². The van der Waals surface area contributed by atoms with E-state index in [0.717, 1.165) is 17.7 Å². The predicted molar refractivity (Wildman–Crippen MR) is 99.9 cm³/mol. The lowest BCUT2D eigenvalue weighted by molar-refractivity contribution is -0.151. The van der Waals surface area contributed by atoms with Crippen molar-refractivity contribution in [2.75, 3.05) is 20.8 Å². The highest BCUT2D eigenvalue weighted by Crippen LogP contribution is 2.24. The zero-order chi connectivity index (χ0) is 20.7. The van der Waals surface area contributed by atoms with Gasteiger partial charge in [0.2, 0.25) is 5.91 Å². The van der Waals surface area contributed by atoms with Crippen LogP contribution in [0.15, 0.2) is 12.1 Å². The first-order valence-electron chi connectivity index (χ1n) is 8.86. The van der Waals surface area contributed by atoms with Crippen LogP contribution >= 0.6 is 11.3 Å². The molecule has 0 aromatic carbocycles. The Morgan fingerprint density at radius 3 is 2.61 bits per heavy atom. The monoisotopic (exact) mass is 412 g/mol. The quantitative estimate of drug-likeness (QED) is 0.607. The number of esters is 2. The molecular formula is C18H24N2O7S. The molecule has 1 aromatic heterocycles. The first-order valence-corrected chi connectivity index (χ1v) is 9.68. The number of nitrogens with one attached hydrogen (secondary N) is 1. The number of carboxylic acids is 1. The highest BCUT2D eigenvalue weighted by atomic mass is 32.1. The number of piperidine rings is 1. The summed E-state index contributed by atoms with van der Waals surface area (Å²) in [5.41, 5.74) is 0. The Morgan fingerprint density at radius 2 is 2.00 bits per heavy atom. The van der Waals surface area contributed by atoms with Crippen molar-refractivity contribution in [3.05, 3.63) is 21.9 Å². The van der Waals surface area contributed by atoms with Crippen LogP contribution in [0, 0.1) is 0 Å². The third-order valence-corrected chi connectivity index (χ3v) is 5.61. The van der Waals surface area contributed by atoms with Crippen LogP contribution in [0.25, 0.3) is 0 Å². The second-order valence-electron chi connectivity index (χ2n) is 6.42. The molecule has 28 heavy (non-hydrogen) atoms. The summed E-state index contributed by atoms with van der Waals surface area (Å²) < 4.78 is 9.23. The molecule has 2 N–H and O–H groups in total. The maximum absolute atomic E-state index is 12.8. The molecule has 1 amide bonds. The number of amides is 1. The Bertz CT molecular complexity index is 733. The fourth-order valence-corrected chi connectivity index (χ4v) is 3.98. The minimum atomic E-state index is -1.12. The summed E-state index contributed by atoms with van der Waals surface area (Å²) in [4.78, 5) is 50.4. The fraction of sp³-hybridized carbons (Fsp3) is 0.556. The molecule has 1 fully saturated rings. The topological polar surface area (TPSA) is 122 Å². The lowest BCUT2D eigenvalue weighted by Crippen LogP contribution is -2.53. The van der Waals surface area contributed by atoms with Crippen molar-refractivity contribution in [1.29, 1.82) is 0 Å². The molecule has 10 heteroatoms. The number of carbonyl (C=O) groups excluding carboxylic acids is 3.